The fourth-order valence-corrected chi connectivity index (χ4v) is 4.07. The molecule has 0 unspecified atom stereocenters. The number of hydrogen-bond donors (Lipinski definition) is 1. The van der Waals surface area contributed by atoms with Gasteiger partial charge in [-0.1, -0.05) is 0 Å². The van der Waals surface area contributed by atoms with Gasteiger partial charge in [-0.3, -0.25) is 9.69 Å². The summed E-state index contributed by atoms with van der Waals surface area (Å²) in [6.07, 6.45) is 7.08. The third kappa shape index (κ3) is 2.69. The van der Waals surface area contributed by atoms with Crippen LogP contribution in [0.25, 0.3) is 0 Å². The first-order valence-electron chi connectivity index (χ1n) is 8.73. The number of nitrogens with one attached hydrogen (secondary N) is 1. The van der Waals surface area contributed by atoms with Gasteiger partial charge in [-0.25, -0.2) is 0 Å². The largest absolute Gasteiger partial charge is 0.465 e. The normalized spacial score (nSPS) is 27.6. The molecule has 1 aromatic rings. The highest BCUT2D eigenvalue weighted by Crippen LogP contribution is 2.59. The number of rotatable bonds is 4. The van der Waals surface area contributed by atoms with E-state index in [4.69, 9.17) is 4.42 Å². The zero-order valence-electron chi connectivity index (χ0n) is 13.4. The minimum atomic E-state index is 0.293. The Morgan fingerprint density at radius 3 is 2.73 bits per heavy atom. The van der Waals surface area contributed by atoms with Crippen molar-refractivity contribution in [2.75, 3.05) is 13.1 Å². The van der Waals surface area contributed by atoms with Crippen LogP contribution in [0.2, 0.25) is 0 Å². The second kappa shape index (κ2) is 5.41. The van der Waals surface area contributed by atoms with Gasteiger partial charge >= 0.3 is 0 Å². The van der Waals surface area contributed by atoms with Crippen LogP contribution in [0, 0.1) is 18.3 Å². The van der Waals surface area contributed by atoms with Crippen LogP contribution in [0.1, 0.15) is 50.0 Å². The van der Waals surface area contributed by atoms with E-state index >= 15 is 0 Å². The highest BCUT2D eigenvalue weighted by Gasteiger charge is 2.58. The first-order valence-corrected chi connectivity index (χ1v) is 8.73. The molecule has 2 aliphatic carbocycles. The Bertz CT molecular complexity index is 553. The lowest BCUT2D eigenvalue weighted by molar-refractivity contribution is -0.124. The highest BCUT2D eigenvalue weighted by atomic mass is 16.3. The van der Waals surface area contributed by atoms with Gasteiger partial charge in [0.25, 0.3) is 0 Å². The van der Waals surface area contributed by atoms with E-state index in [-0.39, 0.29) is 0 Å². The van der Waals surface area contributed by atoms with Crippen molar-refractivity contribution in [2.24, 2.45) is 11.3 Å². The SMILES string of the molecule is Cc1ccc(CN2CCC3(CC2)C[C@H]3C(=O)NC2CCC2)o1. The lowest BCUT2D eigenvalue weighted by Gasteiger charge is -2.32. The first kappa shape index (κ1) is 14.3. The van der Waals surface area contributed by atoms with Gasteiger partial charge in [0, 0.05) is 12.0 Å². The summed E-state index contributed by atoms with van der Waals surface area (Å²) in [4.78, 5) is 14.8. The lowest BCUT2D eigenvalue weighted by Crippen LogP contribution is -2.42. The Kier molecular flexibility index (Phi) is 3.52. The van der Waals surface area contributed by atoms with Crippen molar-refractivity contribution in [3.05, 3.63) is 23.7 Å². The quantitative estimate of drug-likeness (QED) is 0.930. The molecule has 0 aromatic carbocycles. The molecule has 1 saturated heterocycles. The number of amides is 1. The van der Waals surface area contributed by atoms with E-state index < -0.39 is 0 Å². The third-order valence-corrected chi connectivity index (χ3v) is 5.99. The maximum atomic E-state index is 12.3. The molecule has 2 heterocycles. The Morgan fingerprint density at radius 2 is 2.14 bits per heavy atom. The molecule has 1 N–H and O–H groups in total. The van der Waals surface area contributed by atoms with Gasteiger partial charge in [-0.2, -0.15) is 0 Å². The predicted molar refractivity (Wildman–Crippen MR) is 84.3 cm³/mol. The van der Waals surface area contributed by atoms with Crippen molar-refractivity contribution >= 4 is 5.91 Å². The monoisotopic (exact) mass is 302 g/mol. The summed E-state index contributed by atoms with van der Waals surface area (Å²) in [6, 6.07) is 4.58. The molecule has 3 aliphatic rings. The summed E-state index contributed by atoms with van der Waals surface area (Å²) in [5.74, 6) is 2.67. The van der Waals surface area contributed by atoms with E-state index in [0.717, 1.165) is 50.4 Å². The number of carbonyl (C=O) groups is 1. The molecule has 1 aromatic heterocycles. The van der Waals surface area contributed by atoms with Gasteiger partial charge in [0.1, 0.15) is 11.5 Å². The van der Waals surface area contributed by atoms with Crippen LogP contribution in [0.4, 0.5) is 0 Å². The minimum absolute atomic E-state index is 0.293. The summed E-state index contributed by atoms with van der Waals surface area (Å²) in [7, 11) is 0. The fraction of sp³-hybridized carbons (Fsp3) is 0.722. The fourth-order valence-electron chi connectivity index (χ4n) is 4.07. The molecule has 4 rings (SSSR count). The molecule has 4 heteroatoms. The number of furan rings is 1. The number of hydrogen-bond acceptors (Lipinski definition) is 3. The second-order valence-electron chi connectivity index (χ2n) is 7.54. The van der Waals surface area contributed by atoms with Gasteiger partial charge < -0.3 is 9.73 Å². The number of piperidine rings is 1. The number of aryl methyl sites for hydroxylation is 1. The highest BCUT2D eigenvalue weighted by molar-refractivity contribution is 5.83. The maximum Gasteiger partial charge on any atom is 0.223 e. The second-order valence-corrected chi connectivity index (χ2v) is 7.54. The van der Waals surface area contributed by atoms with Crippen molar-refractivity contribution in [3.63, 3.8) is 0 Å². The van der Waals surface area contributed by atoms with E-state index in [1.165, 1.54) is 19.3 Å². The molecule has 1 spiro atoms. The van der Waals surface area contributed by atoms with Crippen LogP contribution in [0.15, 0.2) is 16.5 Å². The molecule has 4 nitrogen and oxygen atoms in total. The summed E-state index contributed by atoms with van der Waals surface area (Å²) >= 11 is 0. The summed E-state index contributed by atoms with van der Waals surface area (Å²) in [5.41, 5.74) is 0.323. The van der Waals surface area contributed by atoms with Crippen LogP contribution in [-0.4, -0.2) is 29.9 Å². The molecule has 2 saturated carbocycles. The zero-order valence-corrected chi connectivity index (χ0v) is 13.4. The third-order valence-electron chi connectivity index (χ3n) is 5.99. The van der Waals surface area contributed by atoms with Gasteiger partial charge in [-0.15, -0.1) is 0 Å². The maximum absolute atomic E-state index is 12.3. The predicted octanol–water partition coefficient (Wildman–Crippen LogP) is 2.86. The van der Waals surface area contributed by atoms with Crippen molar-refractivity contribution in [1.29, 1.82) is 0 Å². The average Bonchev–Trinajstić information content (AvgIpc) is 3.02. The Morgan fingerprint density at radius 1 is 1.36 bits per heavy atom. The van der Waals surface area contributed by atoms with Gasteiger partial charge in [0.05, 0.1) is 6.54 Å². The molecule has 1 amide bonds. The molecule has 1 aliphatic heterocycles. The molecular weight excluding hydrogens is 276 g/mol. The molecular formula is C18H26N2O2. The molecule has 1 atom stereocenters. The van der Waals surface area contributed by atoms with Crippen LogP contribution >= 0.6 is 0 Å². The van der Waals surface area contributed by atoms with E-state index in [9.17, 15) is 4.79 Å². The van der Waals surface area contributed by atoms with E-state index in [2.05, 4.69) is 16.3 Å². The lowest BCUT2D eigenvalue weighted by atomic mass is 9.89. The average molecular weight is 302 g/mol. The number of carbonyl (C=O) groups excluding carboxylic acids is 1. The Hall–Kier alpha value is -1.29. The van der Waals surface area contributed by atoms with Crippen LogP contribution in [-0.2, 0) is 11.3 Å². The Labute approximate surface area is 132 Å². The van der Waals surface area contributed by atoms with Crippen molar-refractivity contribution in [2.45, 2.75) is 58.0 Å². The minimum Gasteiger partial charge on any atom is -0.465 e. The molecule has 3 fully saturated rings. The van der Waals surface area contributed by atoms with Crippen molar-refractivity contribution < 1.29 is 9.21 Å². The number of likely N-dealkylation sites (tertiary alicyclic amines) is 1. The zero-order chi connectivity index (χ0) is 15.2. The Balaban J connectivity index is 1.26. The van der Waals surface area contributed by atoms with E-state index in [1.807, 2.05) is 13.0 Å². The summed E-state index contributed by atoms with van der Waals surface area (Å²) in [6.45, 7) is 5.08. The van der Waals surface area contributed by atoms with Crippen molar-refractivity contribution in [3.8, 4) is 0 Å². The van der Waals surface area contributed by atoms with Gasteiger partial charge in [-0.05, 0) is 76.1 Å². The van der Waals surface area contributed by atoms with E-state index in [0.29, 0.717) is 23.3 Å². The molecule has 0 bridgehead atoms. The molecule has 0 radical (unpaired) electrons. The smallest absolute Gasteiger partial charge is 0.223 e. The van der Waals surface area contributed by atoms with Crippen LogP contribution in [0.3, 0.4) is 0 Å². The van der Waals surface area contributed by atoms with Crippen LogP contribution < -0.4 is 5.32 Å². The number of nitrogens with zero attached hydrogens (tertiary/aromatic N) is 1. The van der Waals surface area contributed by atoms with Crippen molar-refractivity contribution in [1.82, 2.24) is 10.2 Å². The standard InChI is InChI=1S/C18H26N2O2/c1-13-5-6-15(22-13)12-20-9-7-18(8-10-20)11-16(18)17(21)19-14-3-2-4-14/h5-6,14,16H,2-4,7-12H2,1H3,(H,19,21)/t16-/m0/s1. The van der Waals surface area contributed by atoms with E-state index in [1.54, 1.807) is 0 Å². The van der Waals surface area contributed by atoms with Crippen LogP contribution in [0.5, 0.6) is 0 Å². The first-order chi connectivity index (χ1) is 10.6. The topological polar surface area (TPSA) is 45.5 Å². The van der Waals surface area contributed by atoms with Gasteiger partial charge in [0.15, 0.2) is 0 Å². The molecule has 120 valence electrons. The summed E-state index contributed by atoms with van der Waals surface area (Å²) < 4.78 is 5.67. The summed E-state index contributed by atoms with van der Waals surface area (Å²) in [5, 5.41) is 3.24. The molecule has 22 heavy (non-hydrogen) atoms. The van der Waals surface area contributed by atoms with Gasteiger partial charge in [0.2, 0.25) is 5.91 Å².